The third kappa shape index (κ3) is 5.37. The summed E-state index contributed by atoms with van der Waals surface area (Å²) in [6, 6.07) is 5.79. The maximum atomic E-state index is 12.4. The molecule has 0 aromatic heterocycles. The number of hydrogen-bond acceptors (Lipinski definition) is 5. The second-order valence-corrected chi connectivity index (χ2v) is 6.78. The highest BCUT2D eigenvalue weighted by Crippen LogP contribution is 2.24. The molecule has 1 atom stereocenters. The molecule has 136 valence electrons. The summed E-state index contributed by atoms with van der Waals surface area (Å²) in [4.78, 5) is 30.0. The fourth-order valence-corrected chi connectivity index (χ4v) is 2.47. The van der Waals surface area contributed by atoms with E-state index in [0.717, 1.165) is 6.42 Å². The number of rotatable bonds is 3. The normalized spacial score (nSPS) is 17.1. The van der Waals surface area contributed by atoms with E-state index < -0.39 is 23.7 Å². The van der Waals surface area contributed by atoms with Crippen molar-refractivity contribution in [3.63, 3.8) is 0 Å². The average Bonchev–Trinajstić information content (AvgIpc) is 2.96. The molecule has 8 heteroatoms. The number of carbonyl (C=O) groups excluding carboxylic acids is 2. The molecule has 0 spiro atoms. The standard InChI is InChI=1S/C17H24N4O4/c1-17(2,3)25-16(23)21-10-4-5-13(21)14(22)24-12-8-6-11(7-9-12)20-15(18)19/h6-9,13H,4-5,10H2,1-3H3,(H4,18,19,20)/t13-/m1/s1. The molecule has 2 rings (SSSR count). The minimum Gasteiger partial charge on any atom is -0.444 e. The number of aliphatic imine (C=N–C) groups is 1. The summed E-state index contributed by atoms with van der Waals surface area (Å²) in [6.07, 6.45) is 0.766. The lowest BCUT2D eigenvalue weighted by Crippen LogP contribution is -2.44. The van der Waals surface area contributed by atoms with Crippen LogP contribution >= 0.6 is 0 Å². The van der Waals surface area contributed by atoms with E-state index in [-0.39, 0.29) is 5.96 Å². The van der Waals surface area contributed by atoms with Crippen molar-refractivity contribution in [2.75, 3.05) is 6.54 Å². The smallest absolute Gasteiger partial charge is 0.411 e. The summed E-state index contributed by atoms with van der Waals surface area (Å²) >= 11 is 0. The van der Waals surface area contributed by atoms with Crippen molar-refractivity contribution < 1.29 is 19.1 Å². The van der Waals surface area contributed by atoms with Gasteiger partial charge in [-0.3, -0.25) is 4.90 Å². The number of nitrogens with two attached hydrogens (primary N) is 2. The van der Waals surface area contributed by atoms with Crippen LogP contribution in [-0.4, -0.2) is 41.1 Å². The van der Waals surface area contributed by atoms with Crippen LogP contribution < -0.4 is 16.2 Å². The molecule has 1 fully saturated rings. The third-order valence-corrected chi connectivity index (χ3v) is 3.47. The second-order valence-electron chi connectivity index (χ2n) is 6.78. The van der Waals surface area contributed by atoms with Gasteiger partial charge in [0.25, 0.3) is 0 Å². The quantitative estimate of drug-likeness (QED) is 0.372. The van der Waals surface area contributed by atoms with Crippen molar-refractivity contribution in [3.05, 3.63) is 24.3 Å². The SMILES string of the molecule is CC(C)(C)OC(=O)N1CCC[C@@H]1C(=O)Oc1ccc(N=C(N)N)cc1. The predicted molar refractivity (Wildman–Crippen MR) is 93.5 cm³/mol. The number of guanidine groups is 1. The first-order chi connectivity index (χ1) is 11.7. The Morgan fingerprint density at radius 3 is 2.40 bits per heavy atom. The van der Waals surface area contributed by atoms with Gasteiger partial charge in [0, 0.05) is 6.54 Å². The Morgan fingerprint density at radius 1 is 1.20 bits per heavy atom. The van der Waals surface area contributed by atoms with Gasteiger partial charge in [-0.15, -0.1) is 0 Å². The zero-order chi connectivity index (χ0) is 18.6. The maximum Gasteiger partial charge on any atom is 0.411 e. The lowest BCUT2D eigenvalue weighted by atomic mass is 10.2. The first-order valence-corrected chi connectivity index (χ1v) is 8.07. The molecule has 0 unspecified atom stereocenters. The Kier molecular flexibility index (Phi) is 5.51. The molecule has 1 aromatic carbocycles. The zero-order valence-electron chi connectivity index (χ0n) is 14.7. The van der Waals surface area contributed by atoms with E-state index in [1.165, 1.54) is 4.90 Å². The van der Waals surface area contributed by atoms with Crippen LogP contribution in [0.1, 0.15) is 33.6 Å². The molecule has 0 aliphatic carbocycles. The summed E-state index contributed by atoms with van der Waals surface area (Å²) < 4.78 is 10.7. The number of ether oxygens (including phenoxy) is 2. The molecule has 4 N–H and O–H groups in total. The third-order valence-electron chi connectivity index (χ3n) is 3.47. The average molecular weight is 348 g/mol. The number of esters is 1. The topological polar surface area (TPSA) is 120 Å². The Morgan fingerprint density at radius 2 is 1.84 bits per heavy atom. The minimum atomic E-state index is -0.646. The zero-order valence-corrected chi connectivity index (χ0v) is 14.7. The largest absolute Gasteiger partial charge is 0.444 e. The summed E-state index contributed by atoms with van der Waals surface area (Å²) in [6.45, 7) is 5.82. The van der Waals surface area contributed by atoms with Crippen molar-refractivity contribution in [3.8, 4) is 5.75 Å². The molecule has 1 amide bonds. The Labute approximate surface area is 146 Å². The number of benzene rings is 1. The van der Waals surface area contributed by atoms with E-state index in [4.69, 9.17) is 20.9 Å². The lowest BCUT2D eigenvalue weighted by Gasteiger charge is -2.27. The molecular weight excluding hydrogens is 324 g/mol. The van der Waals surface area contributed by atoms with E-state index in [9.17, 15) is 9.59 Å². The Hall–Kier alpha value is -2.77. The molecule has 8 nitrogen and oxygen atoms in total. The number of nitrogens with zero attached hydrogens (tertiary/aromatic N) is 2. The van der Waals surface area contributed by atoms with Gasteiger partial charge >= 0.3 is 12.1 Å². The number of hydrogen-bond donors (Lipinski definition) is 2. The van der Waals surface area contributed by atoms with E-state index in [1.54, 1.807) is 45.0 Å². The second kappa shape index (κ2) is 7.42. The van der Waals surface area contributed by atoms with Crippen LogP contribution in [0.3, 0.4) is 0 Å². The maximum absolute atomic E-state index is 12.4. The van der Waals surface area contributed by atoms with Gasteiger partial charge in [0.15, 0.2) is 5.96 Å². The van der Waals surface area contributed by atoms with E-state index in [0.29, 0.717) is 24.4 Å². The van der Waals surface area contributed by atoms with Gasteiger partial charge in [0.2, 0.25) is 0 Å². The van der Waals surface area contributed by atoms with Gasteiger partial charge in [-0.1, -0.05) is 0 Å². The van der Waals surface area contributed by atoms with E-state index in [2.05, 4.69) is 4.99 Å². The molecule has 1 saturated heterocycles. The highest BCUT2D eigenvalue weighted by atomic mass is 16.6. The van der Waals surface area contributed by atoms with Crippen LogP contribution in [0.5, 0.6) is 5.75 Å². The predicted octanol–water partition coefficient (Wildman–Crippen LogP) is 1.90. The molecule has 25 heavy (non-hydrogen) atoms. The number of amides is 1. The summed E-state index contributed by atoms with van der Waals surface area (Å²) in [5.74, 6) is -0.183. The van der Waals surface area contributed by atoms with Crippen LogP contribution in [0, 0.1) is 0 Å². The van der Waals surface area contributed by atoms with Gasteiger partial charge < -0.3 is 20.9 Å². The van der Waals surface area contributed by atoms with Crippen molar-refractivity contribution in [2.45, 2.75) is 45.3 Å². The first-order valence-electron chi connectivity index (χ1n) is 8.07. The van der Waals surface area contributed by atoms with Crippen molar-refractivity contribution in [1.82, 2.24) is 4.90 Å². The fraction of sp³-hybridized carbons (Fsp3) is 0.471. The highest BCUT2D eigenvalue weighted by molar-refractivity contribution is 5.84. The van der Waals surface area contributed by atoms with Gasteiger partial charge in [-0.2, -0.15) is 0 Å². The van der Waals surface area contributed by atoms with Crippen molar-refractivity contribution in [2.24, 2.45) is 16.5 Å². The van der Waals surface area contributed by atoms with Crippen molar-refractivity contribution >= 4 is 23.7 Å². The molecule has 0 bridgehead atoms. The molecule has 0 saturated carbocycles. The fourth-order valence-electron chi connectivity index (χ4n) is 2.47. The van der Waals surface area contributed by atoms with Gasteiger partial charge in [0.1, 0.15) is 17.4 Å². The van der Waals surface area contributed by atoms with Crippen LogP contribution in [-0.2, 0) is 9.53 Å². The summed E-state index contributed by atoms with van der Waals surface area (Å²) in [7, 11) is 0. The number of carbonyl (C=O) groups is 2. The van der Waals surface area contributed by atoms with E-state index in [1.807, 2.05) is 0 Å². The molecule has 1 aromatic rings. The van der Waals surface area contributed by atoms with Gasteiger partial charge in [-0.05, 0) is 57.9 Å². The molecule has 1 aliphatic rings. The van der Waals surface area contributed by atoms with Crippen LogP contribution in [0.25, 0.3) is 0 Å². The Balaban J connectivity index is 2.01. The summed E-state index contributed by atoms with van der Waals surface area (Å²) in [5, 5.41) is 0. The van der Waals surface area contributed by atoms with Crippen LogP contribution in [0.4, 0.5) is 10.5 Å². The first kappa shape index (κ1) is 18.6. The summed E-state index contributed by atoms with van der Waals surface area (Å²) in [5.41, 5.74) is 10.5. The van der Waals surface area contributed by atoms with Crippen molar-refractivity contribution in [1.29, 1.82) is 0 Å². The minimum absolute atomic E-state index is 0.0521. The van der Waals surface area contributed by atoms with E-state index >= 15 is 0 Å². The van der Waals surface area contributed by atoms with Crippen LogP contribution in [0.2, 0.25) is 0 Å². The lowest BCUT2D eigenvalue weighted by molar-refractivity contribution is -0.139. The highest BCUT2D eigenvalue weighted by Gasteiger charge is 2.37. The van der Waals surface area contributed by atoms with Crippen LogP contribution in [0.15, 0.2) is 29.3 Å². The number of likely N-dealkylation sites (tertiary alicyclic amines) is 1. The molecule has 0 radical (unpaired) electrons. The monoisotopic (exact) mass is 348 g/mol. The molecular formula is C17H24N4O4. The molecule has 1 heterocycles. The Bertz CT molecular complexity index is 660. The van der Waals surface area contributed by atoms with Gasteiger partial charge in [-0.25, -0.2) is 14.6 Å². The van der Waals surface area contributed by atoms with Gasteiger partial charge in [0.05, 0.1) is 5.69 Å². The molecule has 1 aliphatic heterocycles.